The Hall–Kier alpha value is -1.60. The van der Waals surface area contributed by atoms with Gasteiger partial charge in [-0.25, -0.2) is 8.42 Å². The number of carbonyl (C=O) groups is 1. The van der Waals surface area contributed by atoms with E-state index >= 15 is 0 Å². The second-order valence-electron chi connectivity index (χ2n) is 8.17. The minimum atomic E-state index is -3.73. The van der Waals surface area contributed by atoms with Crippen LogP contribution >= 0.6 is 0 Å². The van der Waals surface area contributed by atoms with Gasteiger partial charge in [-0.3, -0.25) is 4.79 Å². The largest absolute Gasteiger partial charge is 0.495 e. The number of hydrogen-bond acceptors (Lipinski definition) is 4. The summed E-state index contributed by atoms with van der Waals surface area (Å²) in [6, 6.07) is 4.79. The van der Waals surface area contributed by atoms with E-state index in [0.29, 0.717) is 18.0 Å². The zero-order valence-corrected chi connectivity index (χ0v) is 17.9. The number of nitrogens with one attached hydrogen (secondary N) is 1. The van der Waals surface area contributed by atoms with Gasteiger partial charge < -0.3 is 10.1 Å². The van der Waals surface area contributed by atoms with Crippen LogP contribution in [0.4, 0.5) is 0 Å². The van der Waals surface area contributed by atoms with Crippen LogP contribution in [0.2, 0.25) is 0 Å². The molecule has 0 bridgehead atoms. The summed E-state index contributed by atoms with van der Waals surface area (Å²) in [5.74, 6) is 0.498. The predicted octanol–water partition coefficient (Wildman–Crippen LogP) is 3.57. The van der Waals surface area contributed by atoms with Crippen LogP contribution < -0.4 is 10.1 Å². The van der Waals surface area contributed by atoms with Crippen LogP contribution in [-0.2, 0) is 10.0 Å². The molecular formula is C21H32N2O4S. The molecule has 1 N–H and O–H groups in total. The molecule has 156 valence electrons. The van der Waals surface area contributed by atoms with Gasteiger partial charge in [-0.05, 0) is 56.7 Å². The summed E-state index contributed by atoms with van der Waals surface area (Å²) in [5.41, 5.74) is 0.363. The zero-order valence-electron chi connectivity index (χ0n) is 17.1. The Kier molecular flexibility index (Phi) is 6.65. The van der Waals surface area contributed by atoms with E-state index in [-0.39, 0.29) is 28.6 Å². The Bertz CT molecular complexity index is 809. The average Bonchev–Trinajstić information content (AvgIpc) is 2.69. The molecule has 1 amide bonds. The van der Waals surface area contributed by atoms with Gasteiger partial charge in [-0.1, -0.05) is 26.2 Å². The Balaban J connectivity index is 1.88. The standard InChI is InChI=1S/C21H32N2O4S/c1-15-8-4-5-10-18(15)22-21(24)17-11-12-19(27-3)20(14-17)28(25,26)23-13-7-6-9-16(23)2/h11-12,14-16,18H,4-10,13H2,1-3H3,(H,22,24)/t15-,16+,18+/m0/s1. The van der Waals surface area contributed by atoms with Crippen molar-refractivity contribution in [1.82, 2.24) is 9.62 Å². The van der Waals surface area contributed by atoms with Gasteiger partial charge in [0, 0.05) is 24.2 Å². The summed E-state index contributed by atoms with van der Waals surface area (Å²) >= 11 is 0. The Labute approximate surface area is 168 Å². The molecule has 3 rings (SSSR count). The third-order valence-corrected chi connectivity index (χ3v) is 8.22. The van der Waals surface area contributed by atoms with E-state index in [0.717, 1.165) is 38.5 Å². The first-order chi connectivity index (χ1) is 13.3. The monoisotopic (exact) mass is 408 g/mol. The average molecular weight is 409 g/mol. The molecule has 1 aromatic rings. The fraction of sp³-hybridized carbons (Fsp3) is 0.667. The van der Waals surface area contributed by atoms with E-state index in [4.69, 9.17) is 4.74 Å². The van der Waals surface area contributed by atoms with E-state index in [1.54, 1.807) is 16.4 Å². The van der Waals surface area contributed by atoms with Crippen LogP contribution in [0.1, 0.15) is 69.2 Å². The quantitative estimate of drug-likeness (QED) is 0.808. The van der Waals surface area contributed by atoms with Gasteiger partial charge >= 0.3 is 0 Å². The first-order valence-electron chi connectivity index (χ1n) is 10.4. The lowest BCUT2D eigenvalue weighted by Gasteiger charge is -2.32. The summed E-state index contributed by atoms with van der Waals surface area (Å²) in [4.78, 5) is 12.9. The summed E-state index contributed by atoms with van der Waals surface area (Å²) in [6.07, 6.45) is 7.13. The van der Waals surface area contributed by atoms with Crippen LogP contribution in [0.15, 0.2) is 23.1 Å². The summed E-state index contributed by atoms with van der Waals surface area (Å²) in [5, 5.41) is 3.10. The molecule has 7 heteroatoms. The van der Waals surface area contributed by atoms with E-state index in [9.17, 15) is 13.2 Å². The molecule has 1 heterocycles. The van der Waals surface area contributed by atoms with Crippen molar-refractivity contribution in [3.8, 4) is 5.75 Å². The highest BCUT2D eigenvalue weighted by Gasteiger charge is 2.34. The number of sulfonamides is 1. The second-order valence-corrected chi connectivity index (χ2v) is 10.0. The molecule has 0 radical (unpaired) electrons. The topological polar surface area (TPSA) is 75.7 Å². The molecule has 1 saturated heterocycles. The lowest BCUT2D eigenvalue weighted by atomic mass is 9.86. The molecule has 0 spiro atoms. The molecule has 1 saturated carbocycles. The van der Waals surface area contributed by atoms with Gasteiger partial charge in [0.1, 0.15) is 10.6 Å². The van der Waals surface area contributed by atoms with E-state index in [2.05, 4.69) is 12.2 Å². The van der Waals surface area contributed by atoms with Crippen molar-refractivity contribution < 1.29 is 17.9 Å². The number of ether oxygens (including phenoxy) is 1. The molecule has 28 heavy (non-hydrogen) atoms. The summed E-state index contributed by atoms with van der Waals surface area (Å²) < 4.78 is 33.5. The van der Waals surface area contributed by atoms with Crippen molar-refractivity contribution in [2.45, 2.75) is 75.8 Å². The van der Waals surface area contributed by atoms with Crippen molar-refractivity contribution in [2.24, 2.45) is 5.92 Å². The number of carbonyl (C=O) groups excluding carboxylic acids is 1. The third kappa shape index (κ3) is 4.35. The molecule has 1 aliphatic heterocycles. The smallest absolute Gasteiger partial charge is 0.251 e. The van der Waals surface area contributed by atoms with Crippen molar-refractivity contribution in [2.75, 3.05) is 13.7 Å². The maximum Gasteiger partial charge on any atom is 0.251 e. The number of hydrogen-bond donors (Lipinski definition) is 1. The zero-order chi connectivity index (χ0) is 20.3. The minimum absolute atomic E-state index is 0.0518. The van der Waals surface area contributed by atoms with E-state index in [1.165, 1.54) is 19.6 Å². The van der Waals surface area contributed by atoms with Crippen LogP contribution in [0.3, 0.4) is 0 Å². The fourth-order valence-electron chi connectivity index (χ4n) is 4.36. The Morgan fingerprint density at radius 3 is 2.50 bits per heavy atom. The Morgan fingerprint density at radius 2 is 1.82 bits per heavy atom. The van der Waals surface area contributed by atoms with E-state index < -0.39 is 10.0 Å². The molecule has 6 nitrogen and oxygen atoms in total. The maximum absolute atomic E-state index is 13.3. The van der Waals surface area contributed by atoms with Gasteiger partial charge in [-0.2, -0.15) is 4.31 Å². The highest BCUT2D eigenvalue weighted by molar-refractivity contribution is 7.89. The molecular weight excluding hydrogens is 376 g/mol. The van der Waals surface area contributed by atoms with Gasteiger partial charge in [0.15, 0.2) is 0 Å². The molecule has 3 atom stereocenters. The molecule has 1 aromatic carbocycles. The van der Waals surface area contributed by atoms with Crippen LogP contribution in [0.25, 0.3) is 0 Å². The number of methoxy groups -OCH3 is 1. The number of piperidine rings is 1. The van der Waals surface area contributed by atoms with Crippen LogP contribution in [0.5, 0.6) is 5.75 Å². The fourth-order valence-corrected chi connectivity index (χ4v) is 6.24. The lowest BCUT2D eigenvalue weighted by molar-refractivity contribution is 0.0910. The second kappa shape index (κ2) is 8.82. The third-order valence-electron chi connectivity index (χ3n) is 6.18. The minimum Gasteiger partial charge on any atom is -0.495 e. The number of nitrogens with zero attached hydrogens (tertiary/aromatic N) is 1. The van der Waals surface area contributed by atoms with Crippen molar-refractivity contribution in [1.29, 1.82) is 0 Å². The lowest BCUT2D eigenvalue weighted by Crippen LogP contribution is -2.42. The van der Waals surface area contributed by atoms with Gasteiger partial charge in [0.05, 0.1) is 7.11 Å². The van der Waals surface area contributed by atoms with Gasteiger partial charge in [0.2, 0.25) is 10.0 Å². The number of benzene rings is 1. The molecule has 2 aliphatic rings. The van der Waals surface area contributed by atoms with Crippen LogP contribution in [-0.4, -0.2) is 44.4 Å². The van der Waals surface area contributed by atoms with Crippen molar-refractivity contribution in [3.63, 3.8) is 0 Å². The maximum atomic E-state index is 13.3. The molecule has 0 aromatic heterocycles. The molecule has 0 unspecified atom stereocenters. The van der Waals surface area contributed by atoms with Crippen molar-refractivity contribution >= 4 is 15.9 Å². The number of rotatable bonds is 5. The predicted molar refractivity (Wildman–Crippen MR) is 109 cm³/mol. The summed E-state index contributed by atoms with van der Waals surface area (Å²) in [7, 11) is -2.27. The normalized spacial score (nSPS) is 26.6. The first-order valence-corrected chi connectivity index (χ1v) is 11.8. The van der Waals surface area contributed by atoms with Gasteiger partial charge in [-0.15, -0.1) is 0 Å². The van der Waals surface area contributed by atoms with Crippen molar-refractivity contribution in [3.05, 3.63) is 23.8 Å². The van der Waals surface area contributed by atoms with Crippen LogP contribution in [0, 0.1) is 5.92 Å². The first kappa shape index (κ1) is 21.1. The number of amides is 1. The summed E-state index contributed by atoms with van der Waals surface area (Å²) in [6.45, 7) is 4.60. The molecule has 2 fully saturated rings. The highest BCUT2D eigenvalue weighted by atomic mass is 32.2. The Morgan fingerprint density at radius 1 is 1.11 bits per heavy atom. The SMILES string of the molecule is COc1ccc(C(=O)N[C@@H]2CCCC[C@@H]2C)cc1S(=O)(=O)N1CCCC[C@H]1C. The highest BCUT2D eigenvalue weighted by Crippen LogP contribution is 2.32. The van der Waals surface area contributed by atoms with Gasteiger partial charge in [0.25, 0.3) is 5.91 Å². The van der Waals surface area contributed by atoms with E-state index in [1.807, 2.05) is 6.92 Å². The molecule has 1 aliphatic carbocycles.